The van der Waals surface area contributed by atoms with Crippen LogP contribution in [0, 0.1) is 5.82 Å². The lowest BCUT2D eigenvalue weighted by Gasteiger charge is -2.17. The molecule has 2 aromatic rings. The number of benzene rings is 2. The third-order valence-electron chi connectivity index (χ3n) is 3.45. The topological polar surface area (TPSA) is 44.8 Å². The molecule has 0 heterocycles. The first-order chi connectivity index (χ1) is 10.6. The van der Waals surface area contributed by atoms with Gasteiger partial charge in [-0.25, -0.2) is 4.39 Å². The average molecular weight is 304 g/mol. The summed E-state index contributed by atoms with van der Waals surface area (Å²) in [4.78, 5) is 11.6. The van der Waals surface area contributed by atoms with Gasteiger partial charge in [-0.2, -0.15) is 0 Å². The van der Waals surface area contributed by atoms with E-state index >= 15 is 0 Å². The Morgan fingerprint density at radius 1 is 0.909 bits per heavy atom. The number of ether oxygens (including phenoxy) is 3. The van der Waals surface area contributed by atoms with Crippen molar-refractivity contribution in [2.24, 2.45) is 0 Å². The predicted molar refractivity (Wildman–Crippen MR) is 80.4 cm³/mol. The van der Waals surface area contributed by atoms with Crippen molar-refractivity contribution in [3.63, 3.8) is 0 Å². The quantitative estimate of drug-likeness (QED) is 0.769. The number of hydrogen-bond acceptors (Lipinski definition) is 4. The molecule has 0 N–H and O–H groups in total. The molecule has 116 valence electrons. The van der Waals surface area contributed by atoms with Crippen molar-refractivity contribution in [2.45, 2.75) is 5.92 Å². The van der Waals surface area contributed by atoms with Gasteiger partial charge in [-0.1, -0.05) is 6.07 Å². The van der Waals surface area contributed by atoms with Crippen LogP contribution in [0.1, 0.15) is 17.0 Å². The summed E-state index contributed by atoms with van der Waals surface area (Å²) in [6.45, 7) is 0. The van der Waals surface area contributed by atoms with Crippen LogP contribution in [0.5, 0.6) is 17.2 Å². The molecule has 2 rings (SSSR count). The molecular weight excluding hydrogens is 287 g/mol. The smallest absolute Gasteiger partial charge is 0.132 e. The van der Waals surface area contributed by atoms with E-state index in [-0.39, 0.29) is 5.56 Å². The molecule has 0 bridgehead atoms. The minimum absolute atomic E-state index is 0.252. The van der Waals surface area contributed by atoms with Crippen LogP contribution in [-0.4, -0.2) is 27.6 Å². The summed E-state index contributed by atoms with van der Waals surface area (Å²) in [5.74, 6) is 0.144. The van der Waals surface area contributed by atoms with Crippen molar-refractivity contribution in [2.75, 3.05) is 21.3 Å². The van der Waals surface area contributed by atoms with Gasteiger partial charge in [-0.05, 0) is 24.3 Å². The molecule has 4 nitrogen and oxygen atoms in total. The minimum atomic E-state index is -0.795. The Morgan fingerprint density at radius 2 is 1.55 bits per heavy atom. The maximum Gasteiger partial charge on any atom is 0.132 e. The Kier molecular flexibility index (Phi) is 4.99. The lowest BCUT2D eigenvalue weighted by Crippen LogP contribution is -2.07. The Bertz CT molecular complexity index is 670. The molecule has 0 aromatic heterocycles. The molecule has 5 heteroatoms. The molecule has 0 aliphatic heterocycles. The molecule has 0 aliphatic rings. The van der Waals surface area contributed by atoms with E-state index in [2.05, 4.69) is 0 Å². The molecule has 2 aromatic carbocycles. The van der Waals surface area contributed by atoms with E-state index in [1.807, 2.05) is 0 Å². The Morgan fingerprint density at radius 3 is 2.09 bits per heavy atom. The zero-order valence-electron chi connectivity index (χ0n) is 12.6. The summed E-state index contributed by atoms with van der Waals surface area (Å²) in [7, 11) is 4.48. The van der Waals surface area contributed by atoms with Crippen molar-refractivity contribution in [1.82, 2.24) is 0 Å². The van der Waals surface area contributed by atoms with Gasteiger partial charge >= 0.3 is 0 Å². The second kappa shape index (κ2) is 6.93. The Labute approximate surface area is 128 Å². The van der Waals surface area contributed by atoms with Gasteiger partial charge in [0.2, 0.25) is 0 Å². The maximum absolute atomic E-state index is 14.3. The van der Waals surface area contributed by atoms with Gasteiger partial charge < -0.3 is 19.0 Å². The molecule has 0 amide bonds. The van der Waals surface area contributed by atoms with E-state index in [9.17, 15) is 9.18 Å². The highest BCUT2D eigenvalue weighted by molar-refractivity contribution is 5.71. The van der Waals surface area contributed by atoms with Gasteiger partial charge in [0.05, 0.1) is 27.2 Å². The third-order valence-corrected chi connectivity index (χ3v) is 3.45. The molecule has 0 aliphatic carbocycles. The molecule has 1 atom stereocenters. The lowest BCUT2D eigenvalue weighted by atomic mass is 9.91. The lowest BCUT2D eigenvalue weighted by molar-refractivity contribution is -0.108. The van der Waals surface area contributed by atoms with E-state index in [0.717, 1.165) is 0 Å². The van der Waals surface area contributed by atoms with Crippen LogP contribution < -0.4 is 14.2 Å². The Hall–Kier alpha value is -2.56. The molecule has 1 unspecified atom stereocenters. The van der Waals surface area contributed by atoms with Crippen LogP contribution in [0.15, 0.2) is 36.4 Å². The number of methoxy groups -OCH3 is 3. The van der Waals surface area contributed by atoms with Crippen molar-refractivity contribution in [1.29, 1.82) is 0 Å². The van der Waals surface area contributed by atoms with Crippen LogP contribution in [-0.2, 0) is 4.79 Å². The fraction of sp³-hybridized carbons (Fsp3) is 0.235. The standard InChI is InChI=1S/C17H17FO4/c1-20-11-5-7-17(22-3)14(8-11)15(10-19)13-6-4-12(21-2)9-16(13)18/h4-10,15H,1-3H3. The Balaban J connectivity index is 2.54. The van der Waals surface area contributed by atoms with E-state index in [1.54, 1.807) is 24.3 Å². The minimum Gasteiger partial charge on any atom is -0.497 e. The average Bonchev–Trinajstić information content (AvgIpc) is 2.56. The number of carbonyl (C=O) groups is 1. The largest absolute Gasteiger partial charge is 0.497 e. The second-order valence-electron chi connectivity index (χ2n) is 4.61. The van der Waals surface area contributed by atoms with E-state index in [0.29, 0.717) is 29.1 Å². The number of halogens is 1. The highest BCUT2D eigenvalue weighted by Gasteiger charge is 2.22. The third kappa shape index (κ3) is 3.03. The molecule has 0 fully saturated rings. The first kappa shape index (κ1) is 15.8. The summed E-state index contributed by atoms with van der Waals surface area (Å²) in [5.41, 5.74) is 0.795. The summed E-state index contributed by atoms with van der Waals surface area (Å²) >= 11 is 0. The fourth-order valence-electron chi connectivity index (χ4n) is 2.28. The van der Waals surface area contributed by atoms with Crippen molar-refractivity contribution in [3.8, 4) is 17.2 Å². The van der Waals surface area contributed by atoms with Crippen LogP contribution in [0.3, 0.4) is 0 Å². The van der Waals surface area contributed by atoms with Crippen LogP contribution in [0.25, 0.3) is 0 Å². The normalized spacial score (nSPS) is 11.6. The number of aldehydes is 1. The van der Waals surface area contributed by atoms with Gasteiger partial charge in [0.15, 0.2) is 0 Å². The predicted octanol–water partition coefficient (Wildman–Crippen LogP) is 3.18. The summed E-state index contributed by atoms with van der Waals surface area (Å²) in [6, 6.07) is 9.47. The summed E-state index contributed by atoms with van der Waals surface area (Å²) < 4.78 is 29.7. The van der Waals surface area contributed by atoms with Gasteiger partial charge in [0.25, 0.3) is 0 Å². The molecule has 0 saturated carbocycles. The highest BCUT2D eigenvalue weighted by atomic mass is 19.1. The summed E-state index contributed by atoms with van der Waals surface area (Å²) in [6.07, 6.45) is 0.683. The molecular formula is C17H17FO4. The second-order valence-corrected chi connectivity index (χ2v) is 4.61. The SMILES string of the molecule is COc1ccc(C(C=O)c2cc(OC)ccc2OC)c(F)c1. The highest BCUT2D eigenvalue weighted by Crippen LogP contribution is 2.35. The first-order valence-corrected chi connectivity index (χ1v) is 6.65. The van der Waals surface area contributed by atoms with Crippen molar-refractivity contribution >= 4 is 6.29 Å². The molecule has 0 spiro atoms. The van der Waals surface area contributed by atoms with Crippen LogP contribution >= 0.6 is 0 Å². The maximum atomic E-state index is 14.3. The van der Waals surface area contributed by atoms with Gasteiger partial charge in [0.1, 0.15) is 29.4 Å². The number of rotatable bonds is 6. The molecule has 0 radical (unpaired) electrons. The van der Waals surface area contributed by atoms with Gasteiger partial charge in [-0.15, -0.1) is 0 Å². The first-order valence-electron chi connectivity index (χ1n) is 6.65. The van der Waals surface area contributed by atoms with Crippen LogP contribution in [0.2, 0.25) is 0 Å². The molecule has 0 saturated heterocycles. The van der Waals surface area contributed by atoms with Crippen LogP contribution in [0.4, 0.5) is 4.39 Å². The number of carbonyl (C=O) groups excluding carboxylic acids is 1. The van der Waals surface area contributed by atoms with Crippen molar-refractivity contribution in [3.05, 3.63) is 53.3 Å². The fourth-order valence-corrected chi connectivity index (χ4v) is 2.28. The summed E-state index contributed by atoms with van der Waals surface area (Å²) in [5, 5.41) is 0. The van der Waals surface area contributed by atoms with Gasteiger partial charge in [0, 0.05) is 17.2 Å². The van der Waals surface area contributed by atoms with E-state index in [1.165, 1.54) is 33.5 Å². The zero-order chi connectivity index (χ0) is 16.1. The van der Waals surface area contributed by atoms with Gasteiger partial charge in [-0.3, -0.25) is 0 Å². The van der Waals surface area contributed by atoms with E-state index < -0.39 is 11.7 Å². The van der Waals surface area contributed by atoms with E-state index in [4.69, 9.17) is 14.2 Å². The van der Waals surface area contributed by atoms with Crippen molar-refractivity contribution < 1.29 is 23.4 Å². The molecule has 22 heavy (non-hydrogen) atoms. The zero-order valence-corrected chi connectivity index (χ0v) is 12.6. The number of hydrogen-bond donors (Lipinski definition) is 0. The monoisotopic (exact) mass is 304 g/mol.